The normalized spacial score (nSPS) is 13.0. The van der Waals surface area contributed by atoms with Gasteiger partial charge in [-0.1, -0.05) is 534 Å². The van der Waals surface area contributed by atoms with Gasteiger partial charge >= 0.3 is 0 Å². The minimum absolute atomic E-state index is 0.0468. The first-order valence-electron chi connectivity index (χ1n) is 49.3. The lowest BCUT2D eigenvalue weighted by atomic mass is 9.58. The maximum atomic E-state index is 14.1. The number of hydrogen-bond acceptors (Lipinski definition) is 11. The fraction of sp³-hybridized carbons (Fsp3) is 0.0221. The van der Waals surface area contributed by atoms with Crippen LogP contribution in [0.15, 0.2) is 546 Å². The van der Waals surface area contributed by atoms with Crippen molar-refractivity contribution >= 4 is 17.3 Å². The molecule has 0 spiro atoms. The summed E-state index contributed by atoms with van der Waals surface area (Å²) in [6.07, 6.45) is 0. The van der Waals surface area contributed by atoms with Gasteiger partial charge < -0.3 is 0 Å². The van der Waals surface area contributed by atoms with Gasteiger partial charge in [-0.15, -0.1) is 0 Å². The van der Waals surface area contributed by atoms with E-state index in [0.717, 1.165) is 184 Å². The zero-order chi connectivity index (χ0) is 98.6. The van der Waals surface area contributed by atoms with Gasteiger partial charge in [0, 0.05) is 83.5 Å². The van der Waals surface area contributed by atoms with Gasteiger partial charge in [-0.2, -0.15) is 0 Å². The fourth-order valence-electron chi connectivity index (χ4n) is 21.9. The summed E-state index contributed by atoms with van der Waals surface area (Å²) < 4.78 is 0. The Bertz CT molecular complexity index is 8550. The molecule has 11 nitrogen and oxygen atoms in total. The Morgan fingerprint density at radius 1 is 0.122 bits per heavy atom. The highest BCUT2D eigenvalue weighted by atomic mass is 16.1. The molecule has 0 atom stereocenters. The van der Waals surface area contributed by atoms with E-state index in [1.807, 2.05) is 297 Å². The van der Waals surface area contributed by atoms with Gasteiger partial charge in [-0.25, -0.2) is 39.9 Å². The van der Waals surface area contributed by atoms with Crippen LogP contribution in [0.2, 0.25) is 0 Å². The standard InChI is InChI=1S/2C47H31N3O.C42H28N2O/c51-43-38-26-11-14-29-41(38)47(36-23-8-3-9-24-36,42-30-15-12-27-39(42)43)40-28-13-10-25-37(40)34-21-16-22-35(31-34)46-49-44(32-17-4-1-5-18-32)48-45(50-46)33-19-6-2-7-20-33;51-43-38-23-11-14-26-41(38)47(36-20-8-3-9-21-36,42-27-15-12-24-39(42)43)40-25-13-10-22-37(40)32-28-30-35(31-29-32)46-49-44(33-16-4-1-5-17-33)48-45(50-46)34-18-6-2-7-19-34;45-40-34-20-10-12-22-36(34)42(32-18-8-3-9-19-32,37-23-13-11-21-35(37)40)33-26-24-30(25-27-33)39-28-38(29-14-4-1-5-15-29)43-41(44-39)31-16-6-2-7-17-31/h2*1-31H;1-28H. The number of fused-ring (bicyclic) bond motifs is 6. The first-order valence-corrected chi connectivity index (χ1v) is 49.3. The Labute approximate surface area is 852 Å². The number of ketones is 3. The first-order chi connectivity index (χ1) is 72.7. The lowest BCUT2D eigenvalue weighted by molar-refractivity contribution is 0.102. The first kappa shape index (κ1) is 90.1. The highest BCUT2D eigenvalue weighted by molar-refractivity contribution is 6.16. The molecule has 0 unspecified atom stereocenters. The lowest BCUT2D eigenvalue weighted by Gasteiger charge is -2.42. The molecule has 3 aromatic heterocycles. The van der Waals surface area contributed by atoms with E-state index in [0.29, 0.717) is 40.8 Å². The number of rotatable bonds is 17. The molecule has 0 radical (unpaired) electrons. The summed E-state index contributed by atoms with van der Waals surface area (Å²) in [5.74, 6) is 4.54. The molecule has 0 saturated heterocycles. The molecular formula is C136H90N8O3. The van der Waals surface area contributed by atoms with Crippen LogP contribution in [0.4, 0.5) is 0 Å². The van der Waals surface area contributed by atoms with E-state index in [1.54, 1.807) is 0 Å². The molecule has 0 saturated carbocycles. The van der Waals surface area contributed by atoms with Gasteiger partial charge in [0.1, 0.15) is 0 Å². The predicted molar refractivity (Wildman–Crippen MR) is 587 cm³/mol. The Hall–Kier alpha value is -19.5. The quantitative estimate of drug-likeness (QED) is 0.0855. The predicted octanol–water partition coefficient (Wildman–Crippen LogP) is 30.3. The third kappa shape index (κ3) is 16.3. The van der Waals surface area contributed by atoms with Crippen LogP contribution >= 0.6 is 0 Å². The van der Waals surface area contributed by atoms with E-state index in [1.165, 1.54) is 0 Å². The molecule has 3 aliphatic rings. The Kier molecular flexibility index (Phi) is 24.0. The molecule has 0 N–H and O–H groups in total. The summed E-state index contributed by atoms with van der Waals surface area (Å²) in [6, 6.07) is 185. The molecule has 0 fully saturated rings. The van der Waals surface area contributed by atoms with Gasteiger partial charge in [0.2, 0.25) is 0 Å². The van der Waals surface area contributed by atoms with Crippen LogP contribution in [-0.2, 0) is 16.2 Å². The fourth-order valence-corrected chi connectivity index (χ4v) is 21.9. The maximum absolute atomic E-state index is 14.1. The van der Waals surface area contributed by atoms with Gasteiger partial charge in [0.05, 0.1) is 27.6 Å². The van der Waals surface area contributed by atoms with Crippen molar-refractivity contribution in [1.29, 1.82) is 0 Å². The van der Waals surface area contributed by atoms with Crippen molar-refractivity contribution in [2.45, 2.75) is 16.2 Å². The van der Waals surface area contributed by atoms with Crippen LogP contribution in [-0.4, -0.2) is 57.2 Å². The highest BCUT2D eigenvalue weighted by Crippen LogP contribution is 2.57. The topological polar surface area (TPSA) is 154 Å². The van der Waals surface area contributed by atoms with Crippen molar-refractivity contribution in [1.82, 2.24) is 39.9 Å². The van der Waals surface area contributed by atoms with Crippen LogP contribution < -0.4 is 0 Å². The molecule has 147 heavy (non-hydrogen) atoms. The Balaban J connectivity index is 0.000000118. The zero-order valence-corrected chi connectivity index (χ0v) is 79.8. The van der Waals surface area contributed by atoms with E-state index in [4.69, 9.17) is 39.9 Å². The second kappa shape index (κ2) is 39.2. The molecule has 20 aromatic carbocycles. The van der Waals surface area contributed by atoms with Crippen LogP contribution in [0, 0.1) is 0 Å². The lowest BCUT2D eigenvalue weighted by Crippen LogP contribution is -2.38. The number of benzene rings is 20. The van der Waals surface area contributed by atoms with Crippen LogP contribution in [0.25, 0.3) is 124 Å². The number of carbonyl (C=O) groups excluding carboxylic acids is 3. The van der Waals surface area contributed by atoms with Crippen molar-refractivity contribution in [3.8, 4) is 124 Å². The van der Waals surface area contributed by atoms with E-state index in [9.17, 15) is 14.4 Å². The molecule has 3 aliphatic carbocycles. The maximum Gasteiger partial charge on any atom is 0.193 e. The van der Waals surface area contributed by atoms with Gasteiger partial charge in [0.25, 0.3) is 0 Å². The minimum Gasteiger partial charge on any atom is -0.289 e. The van der Waals surface area contributed by atoms with E-state index in [2.05, 4.69) is 249 Å². The second-order valence-electron chi connectivity index (χ2n) is 36.7. The molecule has 692 valence electrons. The third-order valence-electron chi connectivity index (χ3n) is 28.5. The number of aromatic nitrogens is 8. The van der Waals surface area contributed by atoms with Gasteiger partial charge in [-0.05, 0) is 101 Å². The number of hydrogen-bond donors (Lipinski definition) is 0. The average Bonchev–Trinajstić information content (AvgIpc) is 0.704. The summed E-state index contributed by atoms with van der Waals surface area (Å²) in [5.41, 5.74) is 29.1. The summed E-state index contributed by atoms with van der Waals surface area (Å²) in [5, 5.41) is 0. The van der Waals surface area contributed by atoms with Crippen molar-refractivity contribution in [3.05, 3.63) is 646 Å². The van der Waals surface area contributed by atoms with Crippen molar-refractivity contribution in [2.75, 3.05) is 0 Å². The van der Waals surface area contributed by atoms with Gasteiger partial charge in [-0.3, -0.25) is 14.4 Å². The minimum atomic E-state index is -0.761. The summed E-state index contributed by atoms with van der Waals surface area (Å²) in [4.78, 5) is 81.5. The van der Waals surface area contributed by atoms with Crippen molar-refractivity contribution in [2.24, 2.45) is 0 Å². The summed E-state index contributed by atoms with van der Waals surface area (Å²) >= 11 is 0. The number of carbonyl (C=O) groups is 3. The third-order valence-corrected chi connectivity index (χ3v) is 28.5. The van der Waals surface area contributed by atoms with Gasteiger partial charge in [0.15, 0.2) is 58.1 Å². The van der Waals surface area contributed by atoms with E-state index >= 15 is 0 Å². The van der Waals surface area contributed by atoms with Crippen LogP contribution in [0.3, 0.4) is 0 Å². The van der Waals surface area contributed by atoms with Crippen LogP contribution in [0.1, 0.15) is 115 Å². The highest BCUT2D eigenvalue weighted by Gasteiger charge is 2.51. The van der Waals surface area contributed by atoms with Crippen LogP contribution in [0.5, 0.6) is 0 Å². The van der Waals surface area contributed by atoms with Crippen molar-refractivity contribution in [3.63, 3.8) is 0 Å². The molecule has 26 rings (SSSR count). The Morgan fingerprint density at radius 2 is 0.306 bits per heavy atom. The molecule has 0 aliphatic heterocycles. The van der Waals surface area contributed by atoms with E-state index < -0.39 is 16.2 Å². The SMILES string of the molecule is O=C1c2ccccc2C(c2ccccc2)(c2ccc(-c3cc(-c4ccccc4)nc(-c4ccccc4)n3)cc2)c2ccccc21.O=C1c2ccccc2C(c2ccccc2)(c2ccccc2-c2ccc(-c3nc(-c4ccccc4)nc(-c4ccccc4)n3)cc2)c2ccccc21.O=C1c2ccccc2C(c2ccccc2)(c2ccccc2-c2cccc(-c3nc(-c4ccccc4)nc(-c4ccccc4)n3)c2)c2ccccc21. The molecule has 3 heterocycles. The van der Waals surface area contributed by atoms with E-state index in [-0.39, 0.29) is 17.3 Å². The Morgan fingerprint density at radius 3 is 0.612 bits per heavy atom. The largest absolute Gasteiger partial charge is 0.289 e. The molecule has 0 amide bonds. The molecule has 23 aromatic rings. The number of nitrogens with zero attached hydrogens (tertiary/aromatic N) is 8. The molecule has 0 bridgehead atoms. The smallest absolute Gasteiger partial charge is 0.193 e. The average molecular weight is 1880 g/mol. The summed E-state index contributed by atoms with van der Waals surface area (Å²) in [7, 11) is 0. The zero-order valence-electron chi connectivity index (χ0n) is 79.8. The monoisotopic (exact) mass is 1880 g/mol. The molecular weight excluding hydrogens is 1790 g/mol. The molecule has 11 heteroatoms. The summed E-state index contributed by atoms with van der Waals surface area (Å²) in [6.45, 7) is 0. The van der Waals surface area contributed by atoms with Crippen molar-refractivity contribution < 1.29 is 14.4 Å². The second-order valence-corrected chi connectivity index (χ2v) is 36.7.